The Bertz CT molecular complexity index is 468. The summed E-state index contributed by atoms with van der Waals surface area (Å²) in [4.78, 5) is 12.6. The van der Waals surface area contributed by atoms with E-state index in [1.807, 2.05) is 32.3 Å². The molecule has 2 aromatic heterocycles. The van der Waals surface area contributed by atoms with E-state index in [1.54, 1.807) is 12.5 Å². The van der Waals surface area contributed by atoms with Crippen LogP contribution in [0.5, 0.6) is 0 Å². The van der Waals surface area contributed by atoms with Gasteiger partial charge in [-0.2, -0.15) is 0 Å². The highest BCUT2D eigenvalue weighted by atomic mass is 15.0. The topological polar surface area (TPSA) is 50.7 Å². The number of aromatic nitrogens is 3. The molecule has 0 amide bonds. The lowest BCUT2D eigenvalue weighted by Crippen LogP contribution is -2.03. The molecule has 2 rings (SSSR count). The Hall–Kier alpha value is -1.97. The van der Waals surface area contributed by atoms with Gasteiger partial charge in [0, 0.05) is 31.4 Å². The van der Waals surface area contributed by atoms with Gasteiger partial charge in [0.15, 0.2) is 0 Å². The second kappa shape index (κ2) is 4.70. The van der Waals surface area contributed by atoms with Crippen LogP contribution in [0.3, 0.4) is 0 Å². The van der Waals surface area contributed by atoms with Crippen molar-refractivity contribution < 1.29 is 0 Å². The predicted molar refractivity (Wildman–Crippen MR) is 63.4 cm³/mol. The van der Waals surface area contributed by atoms with Crippen LogP contribution >= 0.6 is 0 Å². The normalized spacial score (nSPS) is 10.1. The zero-order chi connectivity index (χ0) is 11.4. The van der Waals surface area contributed by atoms with E-state index in [-0.39, 0.29) is 0 Å². The molecule has 2 heterocycles. The molecule has 0 aliphatic rings. The Balaban J connectivity index is 2.28. The minimum Gasteiger partial charge on any atom is -0.373 e. The van der Waals surface area contributed by atoms with Crippen LogP contribution in [0.1, 0.15) is 16.8 Å². The first-order chi connectivity index (χ1) is 7.81. The maximum absolute atomic E-state index is 4.30. The molecule has 0 bridgehead atoms. The number of nitrogens with zero attached hydrogens (tertiary/aromatic N) is 3. The van der Waals surface area contributed by atoms with Gasteiger partial charge in [-0.1, -0.05) is 6.07 Å². The first-order valence-electron chi connectivity index (χ1n) is 5.18. The summed E-state index contributed by atoms with van der Waals surface area (Å²) in [5, 5.41) is 3.05. The molecule has 0 atom stereocenters. The van der Waals surface area contributed by atoms with Gasteiger partial charge in [0.25, 0.3) is 0 Å². The quantitative estimate of drug-likeness (QED) is 0.846. The summed E-state index contributed by atoms with van der Waals surface area (Å²) in [6, 6.07) is 3.98. The lowest BCUT2D eigenvalue weighted by atomic mass is 10.1. The number of nitrogens with one attached hydrogen (secondary N) is 1. The van der Waals surface area contributed by atoms with Gasteiger partial charge in [0.1, 0.15) is 12.1 Å². The Labute approximate surface area is 94.8 Å². The first-order valence-corrected chi connectivity index (χ1v) is 5.18. The smallest absolute Gasteiger partial charge is 0.132 e. The second-order valence-electron chi connectivity index (χ2n) is 3.58. The Morgan fingerprint density at radius 3 is 2.88 bits per heavy atom. The largest absolute Gasteiger partial charge is 0.373 e. The summed E-state index contributed by atoms with van der Waals surface area (Å²) >= 11 is 0. The average Bonchev–Trinajstić information content (AvgIpc) is 2.33. The molecule has 4 nitrogen and oxygen atoms in total. The standard InChI is InChI=1S/C12H14N4/c1-9-11(15-8-16-12(9)13-2)6-10-4-3-5-14-7-10/h3-5,7-8H,6H2,1-2H3,(H,13,15,16). The van der Waals surface area contributed by atoms with Crippen molar-refractivity contribution in [2.45, 2.75) is 13.3 Å². The van der Waals surface area contributed by atoms with E-state index in [4.69, 9.17) is 0 Å². The van der Waals surface area contributed by atoms with Crippen molar-refractivity contribution in [1.82, 2.24) is 15.0 Å². The average molecular weight is 214 g/mol. The number of hydrogen-bond acceptors (Lipinski definition) is 4. The Morgan fingerprint density at radius 1 is 1.31 bits per heavy atom. The fourth-order valence-electron chi connectivity index (χ4n) is 1.61. The minimum atomic E-state index is 0.789. The van der Waals surface area contributed by atoms with Crippen molar-refractivity contribution in [2.75, 3.05) is 12.4 Å². The van der Waals surface area contributed by atoms with Gasteiger partial charge in [-0.05, 0) is 18.6 Å². The van der Waals surface area contributed by atoms with E-state index >= 15 is 0 Å². The van der Waals surface area contributed by atoms with Crippen LogP contribution in [0.4, 0.5) is 5.82 Å². The van der Waals surface area contributed by atoms with Gasteiger partial charge in [0.2, 0.25) is 0 Å². The highest BCUT2D eigenvalue weighted by molar-refractivity contribution is 5.45. The molecule has 0 spiro atoms. The fraction of sp³-hybridized carbons (Fsp3) is 0.250. The molecule has 0 unspecified atom stereocenters. The molecule has 4 heteroatoms. The van der Waals surface area contributed by atoms with Crippen molar-refractivity contribution in [3.8, 4) is 0 Å². The third-order valence-corrected chi connectivity index (χ3v) is 2.52. The lowest BCUT2D eigenvalue weighted by Gasteiger charge is -2.08. The predicted octanol–water partition coefficient (Wildman–Crippen LogP) is 1.81. The van der Waals surface area contributed by atoms with E-state index in [0.717, 1.165) is 29.1 Å². The third kappa shape index (κ3) is 2.16. The fourth-order valence-corrected chi connectivity index (χ4v) is 1.61. The number of hydrogen-bond donors (Lipinski definition) is 1. The van der Waals surface area contributed by atoms with E-state index in [9.17, 15) is 0 Å². The SMILES string of the molecule is CNc1ncnc(Cc2cccnc2)c1C. The molecule has 0 aromatic carbocycles. The molecule has 16 heavy (non-hydrogen) atoms. The van der Waals surface area contributed by atoms with Crippen molar-refractivity contribution in [2.24, 2.45) is 0 Å². The molecular weight excluding hydrogens is 200 g/mol. The van der Waals surface area contributed by atoms with Crippen LogP contribution in [0.15, 0.2) is 30.9 Å². The molecule has 0 aliphatic heterocycles. The zero-order valence-corrected chi connectivity index (χ0v) is 9.44. The van der Waals surface area contributed by atoms with Gasteiger partial charge in [-0.15, -0.1) is 0 Å². The van der Waals surface area contributed by atoms with Crippen molar-refractivity contribution in [3.63, 3.8) is 0 Å². The first kappa shape index (κ1) is 10.5. The zero-order valence-electron chi connectivity index (χ0n) is 9.44. The maximum atomic E-state index is 4.30. The van der Waals surface area contributed by atoms with Gasteiger partial charge in [-0.3, -0.25) is 4.98 Å². The molecule has 0 radical (unpaired) electrons. The molecule has 0 aliphatic carbocycles. The lowest BCUT2D eigenvalue weighted by molar-refractivity contribution is 0.989. The van der Waals surface area contributed by atoms with Crippen molar-refractivity contribution in [1.29, 1.82) is 0 Å². The maximum Gasteiger partial charge on any atom is 0.132 e. The summed E-state index contributed by atoms with van der Waals surface area (Å²) in [5.74, 6) is 0.883. The van der Waals surface area contributed by atoms with Crippen molar-refractivity contribution >= 4 is 5.82 Å². The molecule has 0 saturated carbocycles. The summed E-state index contributed by atoms with van der Waals surface area (Å²) in [7, 11) is 1.86. The molecule has 0 fully saturated rings. The van der Waals surface area contributed by atoms with Crippen LogP contribution < -0.4 is 5.32 Å². The van der Waals surface area contributed by atoms with Crippen LogP contribution in [0.2, 0.25) is 0 Å². The van der Waals surface area contributed by atoms with Gasteiger partial charge in [0.05, 0.1) is 5.69 Å². The highest BCUT2D eigenvalue weighted by Gasteiger charge is 2.06. The summed E-state index contributed by atoms with van der Waals surface area (Å²) in [6.07, 6.45) is 6.01. The van der Waals surface area contributed by atoms with Crippen LogP contribution in [0.25, 0.3) is 0 Å². The van der Waals surface area contributed by atoms with Crippen LogP contribution in [-0.4, -0.2) is 22.0 Å². The monoisotopic (exact) mass is 214 g/mol. The number of rotatable bonds is 3. The summed E-state index contributed by atoms with van der Waals surface area (Å²) < 4.78 is 0. The Morgan fingerprint density at radius 2 is 2.19 bits per heavy atom. The van der Waals surface area contributed by atoms with E-state index < -0.39 is 0 Å². The van der Waals surface area contributed by atoms with Gasteiger partial charge < -0.3 is 5.32 Å². The van der Waals surface area contributed by atoms with Crippen LogP contribution in [-0.2, 0) is 6.42 Å². The van der Waals surface area contributed by atoms with E-state index in [2.05, 4.69) is 20.3 Å². The number of pyridine rings is 1. The highest BCUT2D eigenvalue weighted by Crippen LogP contribution is 2.15. The molecule has 0 saturated heterocycles. The van der Waals surface area contributed by atoms with Gasteiger partial charge in [-0.25, -0.2) is 9.97 Å². The van der Waals surface area contributed by atoms with Crippen LogP contribution in [0, 0.1) is 6.92 Å². The molecular formula is C12H14N4. The van der Waals surface area contributed by atoms with Gasteiger partial charge >= 0.3 is 0 Å². The van der Waals surface area contributed by atoms with E-state index in [1.165, 1.54) is 0 Å². The summed E-state index contributed by atoms with van der Waals surface area (Å²) in [5.41, 5.74) is 3.28. The molecule has 2 aromatic rings. The minimum absolute atomic E-state index is 0.789. The van der Waals surface area contributed by atoms with Crippen molar-refractivity contribution in [3.05, 3.63) is 47.7 Å². The molecule has 82 valence electrons. The third-order valence-electron chi connectivity index (χ3n) is 2.52. The summed E-state index contributed by atoms with van der Waals surface area (Å²) in [6.45, 7) is 2.03. The Kier molecular flexibility index (Phi) is 3.10. The second-order valence-corrected chi connectivity index (χ2v) is 3.58. The molecule has 1 N–H and O–H groups in total. The number of anilines is 1. The van der Waals surface area contributed by atoms with E-state index in [0.29, 0.717) is 0 Å².